The number of aromatic nitrogens is 4. The van der Waals surface area contributed by atoms with E-state index in [1.54, 1.807) is 13.4 Å². The fraction of sp³-hybridized carbons (Fsp3) is 0.192. The molecule has 172 valence electrons. The first-order valence-electron chi connectivity index (χ1n) is 11.1. The molecule has 0 aliphatic heterocycles. The summed E-state index contributed by atoms with van der Waals surface area (Å²) >= 11 is 0. The Morgan fingerprint density at radius 2 is 1.68 bits per heavy atom. The number of nitrogens with zero attached hydrogens (tertiary/aromatic N) is 4. The van der Waals surface area contributed by atoms with Crippen molar-refractivity contribution in [2.75, 3.05) is 19.5 Å². The van der Waals surface area contributed by atoms with Gasteiger partial charge in [0.1, 0.15) is 5.75 Å². The number of rotatable bonds is 9. The van der Waals surface area contributed by atoms with Crippen LogP contribution >= 0.6 is 0 Å². The molecule has 8 heteroatoms. The molecule has 0 saturated carbocycles. The van der Waals surface area contributed by atoms with Crippen molar-refractivity contribution in [1.82, 2.24) is 19.5 Å². The van der Waals surface area contributed by atoms with Crippen LogP contribution in [0.1, 0.15) is 11.1 Å². The van der Waals surface area contributed by atoms with E-state index in [1.165, 1.54) is 5.56 Å². The van der Waals surface area contributed by atoms with Crippen molar-refractivity contribution in [2.45, 2.75) is 19.4 Å². The standard InChI is InChI=1S/C26H25N5O3/c1-32-20-11-9-19(10-12-20)13-15-31-24(21-8-5-16-33-21)28-22-23(27)29-26(30-25(22)31)34-17-14-18-6-3-2-4-7-18/h2-12,16H,13-15,17H2,1H3,(H2,27,29,30). The summed E-state index contributed by atoms with van der Waals surface area (Å²) in [5.74, 6) is 2.39. The molecule has 0 fully saturated rings. The molecule has 0 aliphatic carbocycles. The van der Waals surface area contributed by atoms with E-state index in [0.29, 0.717) is 35.9 Å². The van der Waals surface area contributed by atoms with Crippen molar-refractivity contribution in [1.29, 1.82) is 0 Å². The number of methoxy groups -OCH3 is 1. The maximum absolute atomic E-state index is 6.26. The van der Waals surface area contributed by atoms with Crippen LogP contribution in [-0.4, -0.2) is 33.2 Å². The Morgan fingerprint density at radius 3 is 2.41 bits per heavy atom. The Bertz CT molecular complexity index is 1360. The molecule has 5 rings (SSSR count). The molecule has 3 aromatic heterocycles. The average molecular weight is 456 g/mol. The predicted molar refractivity (Wildman–Crippen MR) is 130 cm³/mol. The SMILES string of the molecule is COc1ccc(CCn2c(-c3ccco3)nc3c(N)nc(OCCc4ccccc4)nc32)cc1. The number of ether oxygens (including phenoxy) is 2. The normalized spacial score (nSPS) is 11.1. The summed E-state index contributed by atoms with van der Waals surface area (Å²) < 4.78 is 18.8. The molecule has 8 nitrogen and oxygen atoms in total. The lowest BCUT2D eigenvalue weighted by Gasteiger charge is -2.09. The molecule has 0 spiro atoms. The minimum absolute atomic E-state index is 0.234. The number of anilines is 1. The van der Waals surface area contributed by atoms with Crippen LogP contribution in [0.3, 0.4) is 0 Å². The summed E-state index contributed by atoms with van der Waals surface area (Å²) in [6, 6.07) is 22.1. The highest BCUT2D eigenvalue weighted by molar-refractivity contribution is 5.85. The van der Waals surface area contributed by atoms with Gasteiger partial charge in [0, 0.05) is 13.0 Å². The van der Waals surface area contributed by atoms with E-state index >= 15 is 0 Å². The highest BCUT2D eigenvalue weighted by Gasteiger charge is 2.20. The summed E-state index contributed by atoms with van der Waals surface area (Å²) in [5, 5.41) is 0. The molecule has 0 bridgehead atoms. The number of furan rings is 1. The molecule has 2 aromatic carbocycles. The topological polar surface area (TPSA) is 101 Å². The van der Waals surface area contributed by atoms with Crippen LogP contribution in [0.5, 0.6) is 11.8 Å². The number of hydrogen-bond donors (Lipinski definition) is 1. The van der Waals surface area contributed by atoms with Gasteiger partial charge in [0.2, 0.25) is 0 Å². The first-order valence-corrected chi connectivity index (χ1v) is 11.1. The summed E-state index contributed by atoms with van der Waals surface area (Å²) in [5.41, 5.74) is 9.74. The molecular weight excluding hydrogens is 430 g/mol. The smallest absolute Gasteiger partial charge is 0.320 e. The lowest BCUT2D eigenvalue weighted by molar-refractivity contribution is 0.297. The maximum atomic E-state index is 6.26. The third-order valence-electron chi connectivity index (χ3n) is 5.59. The minimum Gasteiger partial charge on any atom is -0.497 e. The van der Waals surface area contributed by atoms with Crippen molar-refractivity contribution < 1.29 is 13.9 Å². The molecule has 0 unspecified atom stereocenters. The van der Waals surface area contributed by atoms with E-state index in [-0.39, 0.29) is 11.8 Å². The molecule has 0 radical (unpaired) electrons. The second-order valence-corrected chi connectivity index (χ2v) is 7.81. The molecule has 34 heavy (non-hydrogen) atoms. The monoisotopic (exact) mass is 455 g/mol. The Labute approximate surface area is 197 Å². The van der Waals surface area contributed by atoms with Crippen molar-refractivity contribution in [3.05, 3.63) is 84.1 Å². The second kappa shape index (κ2) is 9.66. The van der Waals surface area contributed by atoms with Crippen LogP contribution in [0.2, 0.25) is 0 Å². The molecule has 5 aromatic rings. The van der Waals surface area contributed by atoms with E-state index in [4.69, 9.17) is 24.6 Å². The number of aryl methyl sites for hydroxylation is 2. The molecular formula is C26H25N5O3. The van der Waals surface area contributed by atoms with Crippen molar-refractivity contribution in [2.24, 2.45) is 0 Å². The fourth-order valence-corrected chi connectivity index (χ4v) is 3.81. The van der Waals surface area contributed by atoms with Crippen LogP contribution in [0.25, 0.3) is 22.7 Å². The molecule has 0 saturated heterocycles. The number of nitrogens with two attached hydrogens (primary N) is 1. The molecule has 0 amide bonds. The second-order valence-electron chi connectivity index (χ2n) is 7.81. The third kappa shape index (κ3) is 4.56. The number of fused-ring (bicyclic) bond motifs is 1. The Kier molecular flexibility index (Phi) is 6.11. The lowest BCUT2D eigenvalue weighted by Crippen LogP contribution is -2.08. The van der Waals surface area contributed by atoms with Crippen LogP contribution in [0, 0.1) is 0 Å². The van der Waals surface area contributed by atoms with E-state index < -0.39 is 0 Å². The van der Waals surface area contributed by atoms with Gasteiger partial charge in [0.25, 0.3) is 0 Å². The van der Waals surface area contributed by atoms with E-state index in [0.717, 1.165) is 24.2 Å². The van der Waals surface area contributed by atoms with Gasteiger partial charge in [0.05, 0.1) is 20.0 Å². The van der Waals surface area contributed by atoms with E-state index in [9.17, 15) is 0 Å². The Balaban J connectivity index is 1.44. The van der Waals surface area contributed by atoms with Crippen LogP contribution in [-0.2, 0) is 19.4 Å². The van der Waals surface area contributed by atoms with Crippen molar-refractivity contribution in [3.8, 4) is 23.3 Å². The minimum atomic E-state index is 0.234. The van der Waals surface area contributed by atoms with Gasteiger partial charge in [-0.1, -0.05) is 42.5 Å². The number of benzene rings is 2. The molecule has 2 N–H and O–H groups in total. The summed E-state index contributed by atoms with van der Waals surface area (Å²) in [7, 11) is 1.66. The highest BCUT2D eigenvalue weighted by atomic mass is 16.5. The zero-order valence-corrected chi connectivity index (χ0v) is 18.8. The zero-order valence-electron chi connectivity index (χ0n) is 18.8. The van der Waals surface area contributed by atoms with Crippen LogP contribution in [0.4, 0.5) is 5.82 Å². The zero-order chi connectivity index (χ0) is 23.3. The van der Waals surface area contributed by atoms with Gasteiger partial charge in [-0.2, -0.15) is 9.97 Å². The molecule has 3 heterocycles. The van der Waals surface area contributed by atoms with E-state index in [1.807, 2.05) is 59.2 Å². The average Bonchev–Trinajstić information content (AvgIpc) is 3.52. The molecule has 0 aliphatic rings. The number of hydrogen-bond acceptors (Lipinski definition) is 7. The van der Waals surface area contributed by atoms with Gasteiger partial charge in [-0.3, -0.25) is 0 Å². The first-order chi connectivity index (χ1) is 16.7. The maximum Gasteiger partial charge on any atom is 0.320 e. The van der Waals surface area contributed by atoms with Gasteiger partial charge in [-0.05, 0) is 41.8 Å². The van der Waals surface area contributed by atoms with E-state index in [2.05, 4.69) is 22.1 Å². The van der Waals surface area contributed by atoms with Gasteiger partial charge in [0.15, 0.2) is 28.6 Å². The van der Waals surface area contributed by atoms with Crippen molar-refractivity contribution in [3.63, 3.8) is 0 Å². The predicted octanol–water partition coefficient (Wildman–Crippen LogP) is 4.54. The Hall–Kier alpha value is -4.33. The van der Waals surface area contributed by atoms with Crippen LogP contribution < -0.4 is 15.2 Å². The number of imidazole rings is 1. The molecule has 0 atom stereocenters. The number of nitrogen functional groups attached to an aromatic ring is 1. The third-order valence-corrected chi connectivity index (χ3v) is 5.59. The van der Waals surface area contributed by atoms with Crippen LogP contribution in [0.15, 0.2) is 77.4 Å². The first kappa shape index (κ1) is 21.5. The summed E-state index contributed by atoms with van der Waals surface area (Å²) in [6.45, 7) is 1.07. The van der Waals surface area contributed by atoms with Gasteiger partial charge < -0.3 is 24.2 Å². The van der Waals surface area contributed by atoms with Crippen molar-refractivity contribution >= 4 is 17.0 Å². The fourth-order valence-electron chi connectivity index (χ4n) is 3.81. The summed E-state index contributed by atoms with van der Waals surface area (Å²) in [6.07, 6.45) is 3.13. The quantitative estimate of drug-likeness (QED) is 0.348. The Morgan fingerprint density at radius 1 is 0.882 bits per heavy atom. The summed E-state index contributed by atoms with van der Waals surface area (Å²) in [4.78, 5) is 13.7. The highest BCUT2D eigenvalue weighted by Crippen LogP contribution is 2.28. The lowest BCUT2D eigenvalue weighted by atomic mass is 10.1. The van der Waals surface area contributed by atoms with Gasteiger partial charge in [-0.15, -0.1) is 0 Å². The largest absolute Gasteiger partial charge is 0.497 e. The van der Waals surface area contributed by atoms with Gasteiger partial charge >= 0.3 is 6.01 Å². The van der Waals surface area contributed by atoms with Gasteiger partial charge in [-0.25, -0.2) is 4.98 Å².